The van der Waals surface area contributed by atoms with Gasteiger partial charge in [-0.3, -0.25) is 14.6 Å². The van der Waals surface area contributed by atoms with Crippen molar-refractivity contribution in [3.63, 3.8) is 0 Å². The Bertz CT molecular complexity index is 1890. The number of unbranched alkanes of at least 4 members (excludes halogenated alkanes) is 6. The van der Waals surface area contributed by atoms with Crippen LogP contribution >= 0.6 is 0 Å². The maximum Gasteiger partial charge on any atom is 0.407 e. The smallest absolute Gasteiger partial charge is 0.407 e. The number of carbonyl (C=O) groups excluding carboxylic acids is 3. The molecule has 10 heteroatoms. The minimum absolute atomic E-state index is 0.00651. The van der Waals surface area contributed by atoms with Crippen molar-refractivity contribution >= 4 is 45.3 Å². The molecule has 0 spiro atoms. The fraction of sp³-hybridized carbons (Fsp3) is 0.452. The number of nitrogens with zero attached hydrogens (tertiary/aromatic N) is 4. The maximum absolute atomic E-state index is 13.4. The molecular weight excluding hydrogens is 652 g/mol. The quantitative estimate of drug-likeness (QED) is 0.121. The normalized spacial score (nSPS) is 13.2. The molecule has 0 radical (unpaired) electrons. The first-order valence-corrected chi connectivity index (χ1v) is 18.7. The fourth-order valence-electron chi connectivity index (χ4n) is 6.58. The van der Waals surface area contributed by atoms with Gasteiger partial charge in [-0.25, -0.2) is 4.79 Å². The molecule has 1 aliphatic rings. The fourth-order valence-corrected chi connectivity index (χ4v) is 6.58. The lowest BCUT2D eigenvalue weighted by molar-refractivity contribution is -0.132. The number of hydrogen-bond acceptors (Lipinski definition) is 7. The first kappa shape index (κ1) is 38.1. The molecule has 0 unspecified atom stereocenters. The number of amides is 3. The molecular formula is C42H52N6O4. The lowest BCUT2D eigenvalue weighted by atomic mass is 10.0. The summed E-state index contributed by atoms with van der Waals surface area (Å²) in [5.41, 5.74) is 3.80. The average molecular weight is 705 g/mol. The van der Waals surface area contributed by atoms with Crippen LogP contribution in [0.2, 0.25) is 0 Å². The number of pyridine rings is 1. The lowest BCUT2D eigenvalue weighted by Gasteiger charge is -2.35. The number of aromatic nitrogens is 1. The molecule has 1 aliphatic heterocycles. The summed E-state index contributed by atoms with van der Waals surface area (Å²) in [6.45, 7) is 9.15. The Hall–Kier alpha value is -5.17. The third-order valence-electron chi connectivity index (χ3n) is 9.41. The van der Waals surface area contributed by atoms with Crippen LogP contribution in [0.25, 0.3) is 21.7 Å². The number of ether oxygens (including phenoxy) is 1. The Morgan fingerprint density at radius 3 is 2.25 bits per heavy atom. The van der Waals surface area contributed by atoms with Crippen molar-refractivity contribution in [1.82, 2.24) is 20.1 Å². The van der Waals surface area contributed by atoms with E-state index < -0.39 is 5.60 Å². The molecule has 274 valence electrons. The zero-order chi connectivity index (χ0) is 36.9. The van der Waals surface area contributed by atoms with Gasteiger partial charge in [0.25, 0.3) is 5.91 Å². The van der Waals surface area contributed by atoms with E-state index in [2.05, 4.69) is 39.9 Å². The summed E-state index contributed by atoms with van der Waals surface area (Å²) in [6, 6.07) is 21.9. The molecule has 0 saturated carbocycles. The molecule has 10 nitrogen and oxygen atoms in total. The van der Waals surface area contributed by atoms with E-state index in [-0.39, 0.29) is 17.9 Å². The van der Waals surface area contributed by atoms with Gasteiger partial charge in [-0.05, 0) is 92.8 Å². The number of hydrogen-bond donors (Lipinski definition) is 2. The van der Waals surface area contributed by atoms with E-state index in [0.717, 1.165) is 85.3 Å². The number of nitrogens with one attached hydrogen (secondary N) is 2. The molecule has 2 N–H and O–H groups in total. The second kappa shape index (κ2) is 18.4. The SMILES string of the molecule is CC(C)(C)OC(=O)NCCCCCCCCCC(=O)N1CCN(C(=O)c2ccc3cc(CCNc4ccnc5ccc(C#N)cc45)ccc3c2)CC1. The van der Waals surface area contributed by atoms with E-state index in [4.69, 9.17) is 4.74 Å². The van der Waals surface area contributed by atoms with Crippen molar-refractivity contribution in [3.05, 3.63) is 83.6 Å². The number of alkyl carbamates (subject to hydrolysis) is 1. The Balaban J connectivity index is 0.978. The highest BCUT2D eigenvalue weighted by Crippen LogP contribution is 2.24. The van der Waals surface area contributed by atoms with Crippen LogP contribution in [-0.2, 0) is 16.0 Å². The minimum atomic E-state index is -0.475. The average Bonchev–Trinajstić information content (AvgIpc) is 3.14. The van der Waals surface area contributed by atoms with Gasteiger partial charge in [0, 0.05) is 68.5 Å². The summed E-state index contributed by atoms with van der Waals surface area (Å²) in [6.07, 6.45) is 10.1. The molecule has 4 aromatic rings. The monoisotopic (exact) mass is 704 g/mol. The molecule has 5 rings (SSSR count). The third kappa shape index (κ3) is 11.2. The number of rotatable bonds is 15. The summed E-state index contributed by atoms with van der Waals surface area (Å²) in [5.74, 6) is 0.186. The number of benzene rings is 3. The van der Waals surface area contributed by atoms with Crippen LogP contribution in [0.3, 0.4) is 0 Å². The number of carbonyl (C=O) groups is 3. The highest BCUT2D eigenvalue weighted by atomic mass is 16.6. The minimum Gasteiger partial charge on any atom is -0.444 e. The van der Waals surface area contributed by atoms with Gasteiger partial charge in [0.05, 0.1) is 17.1 Å². The van der Waals surface area contributed by atoms with E-state index in [1.165, 1.54) is 5.56 Å². The van der Waals surface area contributed by atoms with Crippen LogP contribution in [0.4, 0.5) is 10.5 Å². The Morgan fingerprint density at radius 2 is 1.50 bits per heavy atom. The Morgan fingerprint density at radius 1 is 0.808 bits per heavy atom. The predicted octanol–water partition coefficient (Wildman–Crippen LogP) is 7.84. The maximum atomic E-state index is 13.4. The molecule has 1 saturated heterocycles. The largest absolute Gasteiger partial charge is 0.444 e. The summed E-state index contributed by atoms with van der Waals surface area (Å²) in [7, 11) is 0. The highest BCUT2D eigenvalue weighted by Gasteiger charge is 2.25. The summed E-state index contributed by atoms with van der Waals surface area (Å²) >= 11 is 0. The molecule has 0 atom stereocenters. The van der Waals surface area contributed by atoms with Gasteiger partial charge in [-0.1, -0.05) is 56.4 Å². The second-order valence-electron chi connectivity index (χ2n) is 14.6. The molecule has 0 bridgehead atoms. The summed E-state index contributed by atoms with van der Waals surface area (Å²) in [4.78, 5) is 46.1. The molecule has 0 aliphatic carbocycles. The topological polar surface area (TPSA) is 128 Å². The molecule has 3 amide bonds. The first-order chi connectivity index (χ1) is 25.1. The van der Waals surface area contributed by atoms with Crippen LogP contribution in [-0.4, -0.2) is 77.6 Å². The number of anilines is 1. The van der Waals surface area contributed by atoms with Crippen molar-refractivity contribution in [3.8, 4) is 6.07 Å². The van der Waals surface area contributed by atoms with E-state index in [9.17, 15) is 19.6 Å². The van der Waals surface area contributed by atoms with Crippen LogP contribution < -0.4 is 10.6 Å². The van der Waals surface area contributed by atoms with E-state index in [1.807, 2.05) is 67.0 Å². The van der Waals surface area contributed by atoms with Crippen LogP contribution in [0.15, 0.2) is 66.9 Å². The van der Waals surface area contributed by atoms with Gasteiger partial charge < -0.3 is 25.2 Å². The van der Waals surface area contributed by atoms with Gasteiger partial charge >= 0.3 is 6.09 Å². The molecule has 52 heavy (non-hydrogen) atoms. The number of piperazine rings is 1. The second-order valence-corrected chi connectivity index (χ2v) is 14.6. The Kier molecular flexibility index (Phi) is 13.4. The lowest BCUT2D eigenvalue weighted by Crippen LogP contribution is -2.50. The van der Waals surface area contributed by atoms with Gasteiger partial charge in [-0.2, -0.15) is 5.26 Å². The zero-order valence-corrected chi connectivity index (χ0v) is 30.9. The molecule has 3 aromatic carbocycles. The Labute approximate surface area is 307 Å². The van der Waals surface area contributed by atoms with Crippen LogP contribution in [0.1, 0.15) is 93.6 Å². The molecule has 2 heterocycles. The van der Waals surface area contributed by atoms with Gasteiger partial charge in [0.2, 0.25) is 5.91 Å². The van der Waals surface area contributed by atoms with Crippen molar-refractivity contribution in [2.75, 3.05) is 44.6 Å². The van der Waals surface area contributed by atoms with E-state index in [0.29, 0.717) is 50.3 Å². The number of nitriles is 1. The van der Waals surface area contributed by atoms with E-state index in [1.54, 1.807) is 12.3 Å². The third-order valence-corrected chi connectivity index (χ3v) is 9.41. The molecule has 1 fully saturated rings. The van der Waals surface area contributed by atoms with Gasteiger partial charge in [0.15, 0.2) is 0 Å². The van der Waals surface area contributed by atoms with Crippen molar-refractivity contribution < 1.29 is 19.1 Å². The summed E-state index contributed by atoms with van der Waals surface area (Å²) < 4.78 is 5.25. The van der Waals surface area contributed by atoms with Crippen molar-refractivity contribution in [2.45, 2.75) is 84.2 Å². The van der Waals surface area contributed by atoms with Crippen LogP contribution in [0, 0.1) is 11.3 Å². The van der Waals surface area contributed by atoms with Gasteiger partial charge in [0.1, 0.15) is 5.60 Å². The predicted molar refractivity (Wildman–Crippen MR) is 206 cm³/mol. The van der Waals surface area contributed by atoms with Crippen molar-refractivity contribution in [1.29, 1.82) is 5.26 Å². The van der Waals surface area contributed by atoms with Crippen LogP contribution in [0.5, 0.6) is 0 Å². The van der Waals surface area contributed by atoms with Gasteiger partial charge in [-0.15, -0.1) is 0 Å². The first-order valence-electron chi connectivity index (χ1n) is 18.7. The van der Waals surface area contributed by atoms with E-state index >= 15 is 0 Å². The van der Waals surface area contributed by atoms with Crippen molar-refractivity contribution in [2.24, 2.45) is 0 Å². The molecule has 1 aromatic heterocycles. The number of fused-ring (bicyclic) bond motifs is 2. The highest BCUT2D eigenvalue weighted by molar-refractivity contribution is 5.99. The zero-order valence-electron chi connectivity index (χ0n) is 30.9. The summed E-state index contributed by atoms with van der Waals surface area (Å²) in [5, 5.41) is 18.6. The standard InChI is InChI=1S/C42H52N6O4/c1-42(2,3)52-41(51)46-20-10-8-6-4-5-7-9-11-39(49)47-23-25-48(26-24-47)40(50)35-16-15-33-27-31(12-14-34(33)29-35)18-21-44-38-19-22-45-37-17-13-32(30-43)28-36(37)38/h12-17,19,22,27-29H,4-11,18,20-21,23-26H2,1-3H3,(H,44,45)(H,46,51).